The largest absolute Gasteiger partial charge is 0.370 e. The Bertz CT molecular complexity index is 3670. The van der Waals surface area contributed by atoms with E-state index in [9.17, 15) is 51.9 Å². The Morgan fingerprint density at radius 2 is 1.12 bits per heavy atom. The van der Waals surface area contributed by atoms with Crippen molar-refractivity contribution in [2.45, 2.75) is 38.8 Å². The molecule has 0 amide bonds. The molecule has 24 nitrogen and oxygen atoms in total. The lowest BCUT2D eigenvalue weighted by Crippen LogP contribution is -2.09. The topological polar surface area (TPSA) is 377 Å². The highest BCUT2D eigenvalue weighted by Crippen LogP contribution is 2.36. The predicted molar refractivity (Wildman–Crippen MR) is 242 cm³/mol. The van der Waals surface area contributed by atoms with Crippen molar-refractivity contribution in [2.24, 2.45) is 10.2 Å². The average Bonchev–Trinajstić information content (AvgIpc) is 3.23. The highest BCUT2D eigenvalue weighted by molar-refractivity contribution is 7.86. The molecule has 0 aliphatic rings. The highest BCUT2D eigenvalue weighted by Gasteiger charge is 2.23. The Morgan fingerprint density at radius 3 is 1.74 bits per heavy atom. The summed E-state index contributed by atoms with van der Waals surface area (Å²) in [6.07, 6.45) is 0.379. The van der Waals surface area contributed by atoms with Gasteiger partial charge in [0, 0.05) is 24.6 Å². The molecule has 68 heavy (non-hydrogen) atoms. The van der Waals surface area contributed by atoms with Gasteiger partial charge in [-0.1, -0.05) is 36.4 Å². The molecule has 2 heterocycles. The fraction of sp³-hybridized carbons (Fsp3) is 0.0789. The first-order chi connectivity index (χ1) is 31.9. The van der Waals surface area contributed by atoms with Crippen LogP contribution in [0.1, 0.15) is 34.2 Å². The van der Waals surface area contributed by atoms with Crippen LogP contribution >= 0.6 is 23.2 Å². The summed E-state index contributed by atoms with van der Waals surface area (Å²) in [6, 6.07) is 19.2. The number of nitrogens with one attached hydrogen (secondary N) is 3. The van der Waals surface area contributed by atoms with E-state index in [2.05, 4.69) is 50.9 Å². The number of hydrogen-bond acceptors (Lipinski definition) is 20. The average molecular weight is 1050 g/mol. The molecule has 0 saturated carbocycles. The molecule has 0 unspecified atom stereocenters. The van der Waals surface area contributed by atoms with Gasteiger partial charge in [0.15, 0.2) is 0 Å². The Morgan fingerprint density at radius 1 is 0.559 bits per heavy atom. The molecule has 5 aromatic carbocycles. The maximum Gasteiger partial charge on any atom is 0.296 e. The van der Waals surface area contributed by atoms with Crippen LogP contribution in [0.15, 0.2) is 121 Å². The summed E-state index contributed by atoms with van der Waals surface area (Å²) < 4.78 is 136. The third kappa shape index (κ3) is 12.2. The van der Waals surface area contributed by atoms with Gasteiger partial charge in [-0.05, 0) is 99.9 Å². The minimum atomic E-state index is -4.94. The maximum absolute atomic E-state index is 12.4. The fourth-order valence-electron chi connectivity index (χ4n) is 6.45. The number of fused-ring (bicyclic) bond motifs is 1. The molecule has 352 valence electrons. The monoisotopic (exact) mass is 1050 g/mol. The standard InChI is InChI=1S/C38H29Cl2N11O13S4/c39-36-44-33(15-21-7-9-26(27(12-21)51-64-19-41)49-50-29-18-25-23(17-32(29)68(61,62)63)4-2-6-30(25)66(55,56)57)43-34(45-36)16-22-8-10-31(67(58,59)60)28(13-22)42-38-47-35(46-37(40)48-38)14-20-3-1-5-24(11-20)65(52,53)54/h1-13,17-19,41,51H,14-16H2,(H,52,53,54)(H,55,56,57)(H,58,59,60)(H,61,62,63)(H,42,46,47,48). The van der Waals surface area contributed by atoms with Gasteiger partial charge in [0.2, 0.25) is 22.9 Å². The van der Waals surface area contributed by atoms with Crippen molar-refractivity contribution in [1.82, 2.24) is 29.9 Å². The Kier molecular flexibility index (Phi) is 14.1. The van der Waals surface area contributed by atoms with Gasteiger partial charge in [0.05, 0.1) is 16.3 Å². The third-order valence-corrected chi connectivity index (χ3v) is 13.1. The summed E-state index contributed by atoms with van der Waals surface area (Å²) in [5.74, 6) is 0.0210. The lowest BCUT2D eigenvalue weighted by molar-refractivity contribution is 0.409. The second kappa shape index (κ2) is 19.5. The second-order valence-electron chi connectivity index (χ2n) is 14.0. The molecule has 0 fully saturated rings. The molecular formula is C38H29Cl2N11O13S4. The zero-order chi connectivity index (χ0) is 49.2. The van der Waals surface area contributed by atoms with Gasteiger partial charge in [-0.15, -0.1) is 10.2 Å². The van der Waals surface area contributed by atoms with Crippen molar-refractivity contribution in [3.63, 3.8) is 0 Å². The van der Waals surface area contributed by atoms with E-state index < -0.39 is 60.8 Å². The molecule has 0 saturated heterocycles. The van der Waals surface area contributed by atoms with Gasteiger partial charge in [0.1, 0.15) is 43.5 Å². The van der Waals surface area contributed by atoms with Crippen LogP contribution in [-0.4, -0.2) is 88.2 Å². The second-order valence-corrected chi connectivity index (χ2v) is 20.3. The van der Waals surface area contributed by atoms with E-state index in [-0.39, 0.29) is 86.0 Å². The number of halogens is 2. The van der Waals surface area contributed by atoms with Gasteiger partial charge < -0.3 is 10.2 Å². The van der Waals surface area contributed by atoms with Crippen LogP contribution in [-0.2, 0) is 64.6 Å². The lowest BCUT2D eigenvalue weighted by Gasteiger charge is -2.13. The van der Waals surface area contributed by atoms with Crippen LogP contribution < -0.4 is 10.8 Å². The molecule has 7 N–H and O–H groups in total. The Labute approximate surface area is 395 Å². The fourth-order valence-corrected chi connectivity index (χ4v) is 9.35. The van der Waals surface area contributed by atoms with Crippen LogP contribution in [0.2, 0.25) is 10.6 Å². The van der Waals surface area contributed by atoms with E-state index in [0.717, 1.165) is 24.3 Å². The van der Waals surface area contributed by atoms with Gasteiger partial charge in [-0.2, -0.15) is 43.6 Å². The van der Waals surface area contributed by atoms with Gasteiger partial charge in [-0.25, -0.2) is 25.4 Å². The van der Waals surface area contributed by atoms with Crippen molar-refractivity contribution in [1.29, 1.82) is 5.41 Å². The number of anilines is 3. The van der Waals surface area contributed by atoms with Crippen molar-refractivity contribution < 1.29 is 56.7 Å². The predicted octanol–water partition coefficient (Wildman–Crippen LogP) is 6.39. The normalized spacial score (nSPS) is 12.3. The summed E-state index contributed by atoms with van der Waals surface area (Å²) in [4.78, 5) is 27.9. The zero-order valence-electron chi connectivity index (χ0n) is 33.8. The molecule has 0 spiro atoms. The molecule has 0 atom stereocenters. The van der Waals surface area contributed by atoms with E-state index in [1.165, 1.54) is 54.6 Å². The summed E-state index contributed by atoms with van der Waals surface area (Å²) in [6.45, 7) is 0. The first kappa shape index (κ1) is 49.2. The van der Waals surface area contributed by atoms with E-state index in [1.54, 1.807) is 12.1 Å². The van der Waals surface area contributed by atoms with E-state index >= 15 is 0 Å². The van der Waals surface area contributed by atoms with E-state index in [0.29, 0.717) is 23.1 Å². The lowest BCUT2D eigenvalue weighted by atomic mass is 10.1. The van der Waals surface area contributed by atoms with Gasteiger partial charge >= 0.3 is 0 Å². The minimum absolute atomic E-state index is 0.00621. The van der Waals surface area contributed by atoms with Crippen LogP contribution in [0.5, 0.6) is 0 Å². The summed E-state index contributed by atoms with van der Waals surface area (Å²) >= 11 is 12.5. The minimum Gasteiger partial charge on any atom is -0.370 e. The number of azo groups is 1. The van der Waals surface area contributed by atoms with Crippen molar-refractivity contribution in [3.8, 4) is 0 Å². The molecule has 0 aliphatic heterocycles. The molecule has 0 radical (unpaired) electrons. The molecule has 0 bridgehead atoms. The highest BCUT2D eigenvalue weighted by atomic mass is 35.5. The number of hydrogen-bond donors (Lipinski definition) is 7. The summed E-state index contributed by atoms with van der Waals surface area (Å²) in [5.41, 5.74) is 3.09. The third-order valence-electron chi connectivity index (χ3n) is 9.24. The molecule has 30 heteroatoms. The van der Waals surface area contributed by atoms with Crippen LogP contribution in [0.4, 0.5) is 28.7 Å². The molecular weight excluding hydrogens is 1020 g/mol. The van der Waals surface area contributed by atoms with Crippen molar-refractivity contribution in [3.05, 3.63) is 136 Å². The van der Waals surface area contributed by atoms with Crippen molar-refractivity contribution in [2.75, 3.05) is 10.8 Å². The first-order valence-corrected chi connectivity index (χ1v) is 25.2. The number of aromatic nitrogens is 6. The first-order valence-electron chi connectivity index (χ1n) is 18.6. The summed E-state index contributed by atoms with van der Waals surface area (Å²) in [5, 5.41) is 17.4. The van der Waals surface area contributed by atoms with Crippen LogP contribution in [0.3, 0.4) is 0 Å². The number of nitrogens with zero attached hydrogens (tertiary/aromatic N) is 8. The maximum atomic E-state index is 12.4. The molecule has 0 aliphatic carbocycles. The van der Waals surface area contributed by atoms with E-state index in [4.69, 9.17) is 33.4 Å². The van der Waals surface area contributed by atoms with E-state index in [1.807, 2.05) is 0 Å². The number of rotatable bonds is 17. The van der Waals surface area contributed by atoms with Gasteiger partial charge in [-0.3, -0.25) is 23.6 Å². The van der Waals surface area contributed by atoms with Gasteiger partial charge in [0.25, 0.3) is 40.5 Å². The zero-order valence-corrected chi connectivity index (χ0v) is 38.6. The summed E-state index contributed by atoms with van der Waals surface area (Å²) in [7, 11) is -19.1. The SMILES string of the molecule is N=CONc1cc(Cc2nc(Cl)nc(Cc3ccc(S(=O)(=O)O)c(Nc4nc(Cl)nc(Cc5cccc(S(=O)(=O)O)c5)n4)c3)n2)ccc1N=Nc1cc2c(S(=O)(=O)O)cccc2cc1S(=O)(=O)O. The quantitative estimate of drug-likeness (QED) is 0.0171. The Balaban J connectivity index is 1.15. The molecule has 7 aromatic rings. The molecule has 2 aromatic heterocycles. The Hall–Kier alpha value is -6.73. The van der Waals surface area contributed by atoms with Crippen LogP contribution in [0.25, 0.3) is 10.8 Å². The molecule has 7 rings (SSSR count). The number of benzene rings is 5. The van der Waals surface area contributed by atoms with Crippen molar-refractivity contribution >= 4 is 110 Å². The van der Waals surface area contributed by atoms with Crippen LogP contribution in [0, 0.1) is 5.41 Å². The smallest absolute Gasteiger partial charge is 0.296 e.